The molecule has 9 rings (SSSR count). The summed E-state index contributed by atoms with van der Waals surface area (Å²) in [6, 6.07) is 64.8. The summed E-state index contributed by atoms with van der Waals surface area (Å²) in [5.41, 5.74) is 10.8. The van der Waals surface area contributed by atoms with E-state index in [-0.39, 0.29) is 5.41 Å². The number of benzene rings is 7. The smallest absolute Gasteiger partial charge is 0.0476 e. The van der Waals surface area contributed by atoms with E-state index in [1.165, 1.54) is 80.3 Å². The molecule has 0 unspecified atom stereocenters. The van der Waals surface area contributed by atoms with E-state index < -0.39 is 0 Å². The summed E-state index contributed by atoms with van der Waals surface area (Å²) >= 11 is 1.88. The van der Waals surface area contributed by atoms with Gasteiger partial charge in [-0.05, 0) is 114 Å². The van der Waals surface area contributed by atoms with Gasteiger partial charge in [-0.1, -0.05) is 130 Å². The molecule has 1 aromatic heterocycles. The Hall–Kier alpha value is -5.64. The number of thiophene rings is 1. The summed E-state index contributed by atoms with van der Waals surface area (Å²) in [6.45, 7) is 4.67. The summed E-state index contributed by atoms with van der Waals surface area (Å²) in [5, 5.41) is 2.66. The van der Waals surface area contributed by atoms with Crippen LogP contribution in [0.5, 0.6) is 0 Å². The Morgan fingerprint density at radius 3 is 1.44 bits per heavy atom. The normalized spacial score (nSPS) is 13.7. The average molecular weight is 719 g/mol. The molecule has 2 nitrogen and oxygen atoms in total. The highest BCUT2D eigenvalue weighted by molar-refractivity contribution is 7.25. The third-order valence-electron chi connectivity index (χ3n) is 11.6. The first-order chi connectivity index (χ1) is 26.5. The van der Waals surface area contributed by atoms with Crippen LogP contribution in [0.3, 0.4) is 0 Å². The Morgan fingerprint density at radius 1 is 0.426 bits per heavy atom. The molecule has 0 bridgehead atoms. The van der Waals surface area contributed by atoms with E-state index in [0.717, 1.165) is 22.7 Å². The van der Waals surface area contributed by atoms with Crippen LogP contribution in [0.15, 0.2) is 176 Å². The van der Waals surface area contributed by atoms with Gasteiger partial charge in [0.05, 0.1) is 0 Å². The monoisotopic (exact) mass is 718 g/mol. The molecule has 0 amide bonds. The fourth-order valence-electron chi connectivity index (χ4n) is 8.45. The summed E-state index contributed by atoms with van der Waals surface area (Å²) < 4.78 is 2.65. The first kappa shape index (κ1) is 34.1. The number of hydrogen-bond donors (Lipinski definition) is 0. The lowest BCUT2D eigenvalue weighted by Crippen LogP contribution is -2.19. The van der Waals surface area contributed by atoms with E-state index in [4.69, 9.17) is 0 Å². The highest BCUT2D eigenvalue weighted by Gasteiger charge is 2.25. The van der Waals surface area contributed by atoms with E-state index in [2.05, 4.69) is 200 Å². The molecule has 8 aromatic rings. The molecule has 3 heteroatoms. The lowest BCUT2D eigenvalue weighted by molar-refractivity contribution is 0.443. The van der Waals surface area contributed by atoms with Crippen molar-refractivity contribution in [2.24, 2.45) is 0 Å². The first-order valence-corrected chi connectivity index (χ1v) is 20.3. The molecular weight excluding hydrogens is 673 g/mol. The van der Waals surface area contributed by atoms with E-state index in [0.29, 0.717) is 5.92 Å². The van der Waals surface area contributed by atoms with Gasteiger partial charge in [0, 0.05) is 59.7 Å². The zero-order chi connectivity index (χ0) is 36.5. The maximum atomic E-state index is 2.43. The maximum absolute atomic E-state index is 2.43. The summed E-state index contributed by atoms with van der Waals surface area (Å²) in [5.74, 6) is 0.687. The van der Waals surface area contributed by atoms with Crippen molar-refractivity contribution in [3.8, 4) is 0 Å². The predicted octanol–water partition coefficient (Wildman–Crippen LogP) is 15.4. The third kappa shape index (κ3) is 6.58. The topological polar surface area (TPSA) is 6.48 Å². The van der Waals surface area contributed by atoms with E-state index in [9.17, 15) is 0 Å². The van der Waals surface area contributed by atoms with Crippen LogP contribution in [-0.4, -0.2) is 0 Å². The van der Waals surface area contributed by atoms with Crippen molar-refractivity contribution < 1.29 is 0 Å². The van der Waals surface area contributed by atoms with Gasteiger partial charge in [0.15, 0.2) is 0 Å². The van der Waals surface area contributed by atoms with Gasteiger partial charge in [-0.15, -0.1) is 11.3 Å². The fraction of sp³-hybridized carbons (Fsp3) is 0.176. The lowest BCUT2D eigenvalue weighted by atomic mass is 9.78. The molecule has 0 atom stereocenters. The molecule has 266 valence electrons. The number of anilines is 6. The number of fused-ring (bicyclic) bond motifs is 3. The van der Waals surface area contributed by atoms with Gasteiger partial charge in [-0.25, -0.2) is 0 Å². The van der Waals surface area contributed by atoms with Gasteiger partial charge in [-0.3, -0.25) is 0 Å². The number of rotatable bonds is 9. The molecule has 0 radical (unpaired) electrons. The van der Waals surface area contributed by atoms with Crippen molar-refractivity contribution in [2.45, 2.75) is 57.3 Å². The van der Waals surface area contributed by atoms with Gasteiger partial charge in [-0.2, -0.15) is 0 Å². The Morgan fingerprint density at radius 2 is 0.870 bits per heavy atom. The van der Waals surface area contributed by atoms with E-state index in [1.807, 2.05) is 11.3 Å². The Bertz CT molecular complexity index is 2440. The highest BCUT2D eigenvalue weighted by atomic mass is 32.1. The molecule has 1 aliphatic rings. The van der Waals surface area contributed by atoms with Crippen LogP contribution < -0.4 is 9.80 Å². The van der Waals surface area contributed by atoms with Crippen LogP contribution in [0.2, 0.25) is 0 Å². The number of hydrogen-bond acceptors (Lipinski definition) is 3. The maximum Gasteiger partial charge on any atom is 0.0476 e. The SMILES string of the molecule is CC(C)(c1ccc(N(c2ccccc2)c2ccccc2)cc1)c1ccc(N(c2ccc(C3CCCCC3)cc2)c2ccc3c(c2)sc2ccccc23)cc1. The van der Waals surface area contributed by atoms with Crippen LogP contribution in [0.4, 0.5) is 34.1 Å². The molecule has 1 fully saturated rings. The fourth-order valence-corrected chi connectivity index (χ4v) is 9.59. The van der Waals surface area contributed by atoms with Crippen LogP contribution >= 0.6 is 11.3 Å². The molecule has 1 heterocycles. The highest BCUT2D eigenvalue weighted by Crippen LogP contribution is 2.43. The second kappa shape index (κ2) is 14.6. The Balaban J connectivity index is 1.05. The zero-order valence-corrected chi connectivity index (χ0v) is 32.0. The van der Waals surface area contributed by atoms with Gasteiger partial charge in [0.2, 0.25) is 0 Å². The minimum absolute atomic E-state index is 0.191. The quantitative estimate of drug-likeness (QED) is 0.147. The van der Waals surface area contributed by atoms with Gasteiger partial charge < -0.3 is 9.80 Å². The van der Waals surface area contributed by atoms with Crippen molar-refractivity contribution in [2.75, 3.05) is 9.80 Å². The average Bonchev–Trinajstić information content (AvgIpc) is 3.61. The third-order valence-corrected chi connectivity index (χ3v) is 12.7. The molecule has 0 aliphatic heterocycles. The van der Waals surface area contributed by atoms with E-state index in [1.54, 1.807) is 0 Å². The van der Waals surface area contributed by atoms with Crippen LogP contribution in [-0.2, 0) is 5.41 Å². The molecule has 0 N–H and O–H groups in total. The van der Waals surface area contributed by atoms with Crippen LogP contribution in [0, 0.1) is 0 Å². The largest absolute Gasteiger partial charge is 0.311 e. The van der Waals surface area contributed by atoms with Gasteiger partial charge >= 0.3 is 0 Å². The molecular formula is C51H46N2S. The van der Waals surface area contributed by atoms with Crippen molar-refractivity contribution in [1.82, 2.24) is 0 Å². The zero-order valence-electron chi connectivity index (χ0n) is 31.2. The van der Waals surface area contributed by atoms with Crippen LogP contribution in [0.1, 0.15) is 68.6 Å². The molecule has 1 aliphatic carbocycles. The van der Waals surface area contributed by atoms with Crippen molar-refractivity contribution in [1.29, 1.82) is 0 Å². The molecule has 1 saturated carbocycles. The minimum Gasteiger partial charge on any atom is -0.311 e. The molecule has 54 heavy (non-hydrogen) atoms. The standard InChI is InChI=1S/C51H46N2S/c1-51(2,39-24-30-44(31-25-39)52(41-16-8-4-9-17-41)42-18-10-5-11-19-42)40-26-32-45(33-27-40)53(43-28-22-38(23-29-43)37-14-6-3-7-15-37)46-34-35-48-47-20-12-13-21-49(47)54-50(48)36-46/h4-5,8-13,16-37H,3,6-7,14-15H2,1-2H3. The second-order valence-corrected chi connectivity index (χ2v) is 16.3. The lowest BCUT2D eigenvalue weighted by Gasteiger charge is -2.30. The summed E-state index contributed by atoms with van der Waals surface area (Å²) in [6.07, 6.45) is 6.69. The van der Waals surface area contributed by atoms with E-state index >= 15 is 0 Å². The Labute approximate surface area is 324 Å². The van der Waals surface area contributed by atoms with Gasteiger partial charge in [0.1, 0.15) is 0 Å². The predicted molar refractivity (Wildman–Crippen MR) is 233 cm³/mol. The van der Waals surface area contributed by atoms with Crippen molar-refractivity contribution in [3.05, 3.63) is 193 Å². The number of para-hydroxylation sites is 2. The minimum atomic E-state index is -0.191. The molecule has 0 saturated heterocycles. The number of nitrogens with zero attached hydrogens (tertiary/aromatic N) is 2. The summed E-state index contributed by atoms with van der Waals surface area (Å²) in [4.78, 5) is 4.75. The van der Waals surface area contributed by atoms with Gasteiger partial charge in [0.25, 0.3) is 0 Å². The Kier molecular flexibility index (Phi) is 9.26. The van der Waals surface area contributed by atoms with Crippen molar-refractivity contribution in [3.63, 3.8) is 0 Å². The van der Waals surface area contributed by atoms with Crippen LogP contribution in [0.25, 0.3) is 20.2 Å². The van der Waals surface area contributed by atoms with Crippen molar-refractivity contribution >= 4 is 65.6 Å². The summed E-state index contributed by atoms with van der Waals surface area (Å²) in [7, 11) is 0. The molecule has 7 aromatic carbocycles. The second-order valence-electron chi connectivity index (χ2n) is 15.3. The first-order valence-electron chi connectivity index (χ1n) is 19.5. The molecule has 0 spiro atoms.